The summed E-state index contributed by atoms with van der Waals surface area (Å²) in [5.74, 6) is -1.31. The van der Waals surface area contributed by atoms with Crippen LogP contribution in [0.15, 0.2) is 12.7 Å². The molecule has 0 aromatic rings. The van der Waals surface area contributed by atoms with Gasteiger partial charge in [-0.3, -0.25) is 4.79 Å². The van der Waals surface area contributed by atoms with Crippen LogP contribution in [0.2, 0.25) is 0 Å². The predicted molar refractivity (Wildman–Crippen MR) is 68.8 cm³/mol. The zero-order chi connectivity index (χ0) is 14.3. The normalized spacial score (nSPS) is 14.5. The lowest BCUT2D eigenvalue weighted by molar-refractivity contribution is -0.160. The minimum atomic E-state index is -0.857. The van der Waals surface area contributed by atoms with Gasteiger partial charge in [-0.2, -0.15) is 0 Å². The fourth-order valence-corrected chi connectivity index (χ4v) is 1.48. The molecule has 0 aromatic heterocycles. The monoisotopic (exact) mass is 257 g/mol. The van der Waals surface area contributed by atoms with Gasteiger partial charge in [0.15, 0.2) is 0 Å². The van der Waals surface area contributed by atoms with Crippen molar-refractivity contribution in [3.05, 3.63) is 12.7 Å². The topological polar surface area (TPSA) is 75.6 Å². The molecule has 0 aliphatic carbocycles. The van der Waals surface area contributed by atoms with E-state index >= 15 is 0 Å². The van der Waals surface area contributed by atoms with Crippen molar-refractivity contribution in [1.82, 2.24) is 5.32 Å². The zero-order valence-electron chi connectivity index (χ0n) is 11.5. The maximum absolute atomic E-state index is 12.0. The summed E-state index contributed by atoms with van der Waals surface area (Å²) in [6.45, 7) is 9.90. The first kappa shape index (κ1) is 16.6. The number of ether oxygens (including phenoxy) is 1. The summed E-state index contributed by atoms with van der Waals surface area (Å²) in [5.41, 5.74) is -0.637. The van der Waals surface area contributed by atoms with Crippen molar-refractivity contribution in [2.75, 3.05) is 6.61 Å². The summed E-state index contributed by atoms with van der Waals surface area (Å²) < 4.78 is 5.23. The minimum absolute atomic E-state index is 0.226. The van der Waals surface area contributed by atoms with Gasteiger partial charge in [0.05, 0.1) is 0 Å². The van der Waals surface area contributed by atoms with Gasteiger partial charge in [-0.25, -0.2) is 4.79 Å². The molecule has 0 aliphatic heterocycles. The van der Waals surface area contributed by atoms with Gasteiger partial charge in [0, 0.05) is 19.4 Å². The van der Waals surface area contributed by atoms with Gasteiger partial charge >= 0.3 is 5.97 Å². The van der Waals surface area contributed by atoms with Gasteiger partial charge in [-0.05, 0) is 27.2 Å². The van der Waals surface area contributed by atoms with Crippen LogP contribution in [0.3, 0.4) is 0 Å². The predicted octanol–water partition coefficient (Wildman–Crippen LogP) is 1.02. The van der Waals surface area contributed by atoms with Gasteiger partial charge in [0.25, 0.3) is 0 Å². The number of carbonyl (C=O) groups excluding carboxylic acids is 2. The lowest BCUT2D eigenvalue weighted by Crippen LogP contribution is -2.48. The van der Waals surface area contributed by atoms with E-state index in [0.717, 1.165) is 0 Å². The summed E-state index contributed by atoms with van der Waals surface area (Å²) in [6, 6.07) is -0.857. The highest BCUT2D eigenvalue weighted by atomic mass is 16.6. The highest BCUT2D eigenvalue weighted by molar-refractivity contribution is 5.83. The Hall–Kier alpha value is -1.36. The van der Waals surface area contributed by atoms with E-state index in [9.17, 15) is 14.7 Å². The molecule has 5 heteroatoms. The van der Waals surface area contributed by atoms with E-state index in [1.807, 2.05) is 0 Å². The fourth-order valence-electron chi connectivity index (χ4n) is 1.48. The maximum Gasteiger partial charge on any atom is 0.329 e. The first-order valence-electron chi connectivity index (χ1n) is 5.93. The summed E-state index contributed by atoms with van der Waals surface area (Å²) in [4.78, 5) is 23.1. The van der Waals surface area contributed by atoms with Crippen LogP contribution in [0, 0.1) is 5.92 Å². The number of aliphatic hydroxyl groups is 1. The van der Waals surface area contributed by atoms with E-state index in [-0.39, 0.29) is 12.5 Å². The summed E-state index contributed by atoms with van der Waals surface area (Å²) >= 11 is 0. The van der Waals surface area contributed by atoms with E-state index in [1.165, 1.54) is 6.92 Å². The fraction of sp³-hybridized carbons (Fsp3) is 0.692. The number of nitrogens with one attached hydrogen (secondary N) is 1. The van der Waals surface area contributed by atoms with Crippen LogP contribution in [0.4, 0.5) is 0 Å². The molecule has 1 amide bonds. The average molecular weight is 257 g/mol. The molecule has 0 saturated carbocycles. The number of rotatable bonds is 6. The molecule has 0 radical (unpaired) electrons. The number of esters is 1. The lowest BCUT2D eigenvalue weighted by Gasteiger charge is -2.28. The molecule has 0 bridgehead atoms. The molecule has 0 spiro atoms. The van der Waals surface area contributed by atoms with Crippen molar-refractivity contribution in [2.45, 2.75) is 45.8 Å². The van der Waals surface area contributed by atoms with E-state index in [2.05, 4.69) is 11.9 Å². The molecular formula is C13H23NO4. The van der Waals surface area contributed by atoms with Gasteiger partial charge in [0.1, 0.15) is 11.6 Å². The molecule has 18 heavy (non-hydrogen) atoms. The SMILES string of the molecule is C=CC[C@@H](CO)[C@H](NC(C)=O)C(=O)OC(C)(C)C. The smallest absolute Gasteiger partial charge is 0.329 e. The Bertz CT molecular complexity index is 307. The Balaban J connectivity index is 4.90. The third kappa shape index (κ3) is 6.39. The second kappa shape index (κ2) is 7.16. The van der Waals surface area contributed by atoms with Crippen LogP contribution in [-0.4, -0.2) is 35.2 Å². The second-order valence-electron chi connectivity index (χ2n) is 5.18. The number of carbonyl (C=O) groups is 2. The number of hydrogen-bond donors (Lipinski definition) is 2. The molecule has 0 rings (SSSR count). The molecule has 0 saturated heterocycles. The highest BCUT2D eigenvalue weighted by Gasteiger charge is 2.31. The van der Waals surface area contributed by atoms with E-state index in [0.29, 0.717) is 6.42 Å². The molecule has 0 unspecified atom stereocenters. The van der Waals surface area contributed by atoms with E-state index in [1.54, 1.807) is 26.8 Å². The van der Waals surface area contributed by atoms with Crippen LogP contribution in [0.1, 0.15) is 34.1 Å². The summed E-state index contributed by atoms with van der Waals surface area (Å²) in [5, 5.41) is 11.8. The Labute approximate surface area is 108 Å². The van der Waals surface area contributed by atoms with Crippen LogP contribution in [0.25, 0.3) is 0 Å². The number of aliphatic hydroxyl groups excluding tert-OH is 1. The highest BCUT2D eigenvalue weighted by Crippen LogP contribution is 2.15. The third-order valence-corrected chi connectivity index (χ3v) is 2.19. The van der Waals surface area contributed by atoms with Crippen LogP contribution in [0.5, 0.6) is 0 Å². The molecule has 0 fully saturated rings. The molecular weight excluding hydrogens is 234 g/mol. The van der Waals surface area contributed by atoms with Crippen molar-refractivity contribution in [1.29, 1.82) is 0 Å². The van der Waals surface area contributed by atoms with Crippen LogP contribution in [-0.2, 0) is 14.3 Å². The Morgan fingerprint density at radius 3 is 2.33 bits per heavy atom. The minimum Gasteiger partial charge on any atom is -0.458 e. The quantitative estimate of drug-likeness (QED) is 0.550. The number of allylic oxidation sites excluding steroid dienone is 1. The molecule has 0 heterocycles. The Kier molecular flexibility index (Phi) is 6.62. The first-order valence-corrected chi connectivity index (χ1v) is 5.93. The molecule has 0 aromatic carbocycles. The molecule has 0 aliphatic rings. The summed E-state index contributed by atoms with van der Waals surface area (Å²) in [7, 11) is 0. The first-order chi connectivity index (χ1) is 8.21. The van der Waals surface area contributed by atoms with Crippen molar-refractivity contribution in [3.8, 4) is 0 Å². The van der Waals surface area contributed by atoms with Gasteiger partial charge in [-0.1, -0.05) is 6.08 Å². The maximum atomic E-state index is 12.0. The van der Waals surface area contributed by atoms with Crippen LogP contribution < -0.4 is 5.32 Å². The largest absolute Gasteiger partial charge is 0.458 e. The number of amides is 1. The Morgan fingerprint density at radius 2 is 2.00 bits per heavy atom. The van der Waals surface area contributed by atoms with E-state index in [4.69, 9.17) is 4.74 Å². The molecule has 2 atom stereocenters. The van der Waals surface area contributed by atoms with Crippen molar-refractivity contribution in [2.24, 2.45) is 5.92 Å². The zero-order valence-corrected chi connectivity index (χ0v) is 11.5. The van der Waals surface area contributed by atoms with Gasteiger partial charge in [0.2, 0.25) is 5.91 Å². The molecule has 2 N–H and O–H groups in total. The van der Waals surface area contributed by atoms with Crippen molar-refractivity contribution < 1.29 is 19.4 Å². The third-order valence-electron chi connectivity index (χ3n) is 2.19. The second-order valence-corrected chi connectivity index (χ2v) is 5.18. The summed E-state index contributed by atoms with van der Waals surface area (Å²) in [6.07, 6.45) is 2.01. The standard InChI is InChI=1S/C13H23NO4/c1-6-7-10(8-15)11(14-9(2)16)12(17)18-13(3,4)5/h6,10-11,15H,1,7-8H2,2-5H3,(H,14,16)/t10-,11-/m0/s1. The average Bonchev–Trinajstić information content (AvgIpc) is 2.20. The number of hydrogen-bond acceptors (Lipinski definition) is 4. The molecule has 104 valence electrons. The lowest BCUT2D eigenvalue weighted by atomic mass is 9.96. The van der Waals surface area contributed by atoms with E-state index < -0.39 is 23.5 Å². The van der Waals surface area contributed by atoms with Crippen molar-refractivity contribution >= 4 is 11.9 Å². The van der Waals surface area contributed by atoms with Gasteiger partial charge in [-0.15, -0.1) is 6.58 Å². The van der Waals surface area contributed by atoms with Gasteiger partial charge < -0.3 is 15.2 Å². The van der Waals surface area contributed by atoms with Crippen LogP contribution >= 0.6 is 0 Å². The van der Waals surface area contributed by atoms with Crippen molar-refractivity contribution in [3.63, 3.8) is 0 Å². The Morgan fingerprint density at radius 1 is 1.44 bits per heavy atom. The molecule has 5 nitrogen and oxygen atoms in total.